The molecule has 2 aromatic rings. The van der Waals surface area contributed by atoms with Crippen molar-refractivity contribution >= 4 is 17.7 Å². The molecule has 30 heavy (non-hydrogen) atoms. The van der Waals surface area contributed by atoms with Gasteiger partial charge in [-0.2, -0.15) is 0 Å². The second-order valence-electron chi connectivity index (χ2n) is 8.01. The number of nitrogens with zero attached hydrogens (tertiary/aromatic N) is 2. The summed E-state index contributed by atoms with van der Waals surface area (Å²) in [6, 6.07) is 8.09. The van der Waals surface area contributed by atoms with Crippen molar-refractivity contribution in [2.45, 2.75) is 44.1 Å². The molecule has 1 spiro atoms. The van der Waals surface area contributed by atoms with Gasteiger partial charge >= 0.3 is 6.03 Å². The number of halogens is 2. The first-order chi connectivity index (χ1) is 14.2. The molecule has 4 rings (SSSR count). The minimum Gasteiger partial charge on any atom is -0.323 e. The lowest BCUT2D eigenvalue weighted by atomic mass is 9.80. The fourth-order valence-electron chi connectivity index (χ4n) is 4.00. The van der Waals surface area contributed by atoms with Crippen LogP contribution in [0.25, 0.3) is 11.1 Å². The van der Waals surface area contributed by atoms with E-state index in [9.17, 15) is 23.2 Å². The van der Waals surface area contributed by atoms with E-state index in [-0.39, 0.29) is 12.8 Å². The van der Waals surface area contributed by atoms with Crippen molar-refractivity contribution < 1.29 is 23.2 Å². The number of alkyl halides is 2. The van der Waals surface area contributed by atoms with Crippen molar-refractivity contribution in [1.82, 2.24) is 15.2 Å². The Hall–Kier alpha value is -3.16. The van der Waals surface area contributed by atoms with Crippen molar-refractivity contribution in [3.8, 4) is 11.1 Å². The number of ketones is 1. The number of nitrogens with one attached hydrogen (secondary N) is 1. The molecule has 3 amide bonds. The number of Topliss-reactive ketones (excluding diaryl/α,β-unsaturated/α-hetero) is 1. The van der Waals surface area contributed by atoms with Crippen LogP contribution in [0.2, 0.25) is 0 Å². The smallest absolute Gasteiger partial charge is 0.323 e. The van der Waals surface area contributed by atoms with Gasteiger partial charge in [-0.3, -0.25) is 19.5 Å². The second kappa shape index (κ2) is 7.27. The summed E-state index contributed by atoms with van der Waals surface area (Å²) in [4.78, 5) is 42.7. The molecule has 1 aliphatic carbocycles. The van der Waals surface area contributed by atoms with Gasteiger partial charge in [0, 0.05) is 36.4 Å². The molecule has 1 aromatic heterocycles. The van der Waals surface area contributed by atoms with Crippen LogP contribution in [-0.4, -0.2) is 45.6 Å². The van der Waals surface area contributed by atoms with Gasteiger partial charge in [0.15, 0.2) is 5.78 Å². The molecule has 2 aliphatic rings. The van der Waals surface area contributed by atoms with Gasteiger partial charge < -0.3 is 5.32 Å². The third kappa shape index (κ3) is 3.69. The Balaban J connectivity index is 1.46. The second-order valence-corrected chi connectivity index (χ2v) is 8.01. The predicted octanol–water partition coefficient (Wildman–Crippen LogP) is 3.74. The van der Waals surface area contributed by atoms with Crippen LogP contribution in [0.3, 0.4) is 0 Å². The molecule has 8 heteroatoms. The molecular formula is C22H21F2N3O3. The molecule has 2 heterocycles. The summed E-state index contributed by atoms with van der Waals surface area (Å²) in [5.41, 5.74) is 1.86. The predicted molar refractivity (Wildman–Crippen MR) is 105 cm³/mol. The molecule has 1 saturated carbocycles. The highest BCUT2D eigenvalue weighted by Gasteiger charge is 2.55. The number of hydrogen-bond acceptors (Lipinski definition) is 4. The summed E-state index contributed by atoms with van der Waals surface area (Å²) in [6.07, 6.45) is 2.29. The van der Waals surface area contributed by atoms with E-state index in [1.165, 1.54) is 0 Å². The SMILES string of the molecule is Cc1cncc(-c2ccc(C(=O)CN3C(=O)NC4(CCC(F)(F)CC4)C3=O)cc2)c1. The maximum atomic E-state index is 13.5. The molecule has 0 radical (unpaired) electrons. The summed E-state index contributed by atoms with van der Waals surface area (Å²) in [6.45, 7) is 1.51. The Labute approximate surface area is 172 Å². The third-order valence-corrected chi connectivity index (χ3v) is 5.80. The highest BCUT2D eigenvalue weighted by molar-refractivity contribution is 6.11. The zero-order valence-corrected chi connectivity index (χ0v) is 16.5. The van der Waals surface area contributed by atoms with Gasteiger partial charge in [-0.05, 0) is 37.0 Å². The minimum atomic E-state index is -2.83. The average Bonchev–Trinajstić information content (AvgIpc) is 2.95. The van der Waals surface area contributed by atoms with E-state index in [4.69, 9.17) is 0 Å². The molecule has 156 valence electrons. The van der Waals surface area contributed by atoms with Gasteiger partial charge in [-0.25, -0.2) is 13.6 Å². The van der Waals surface area contributed by atoms with E-state index in [1.54, 1.807) is 36.7 Å². The van der Waals surface area contributed by atoms with Crippen LogP contribution in [-0.2, 0) is 4.79 Å². The Morgan fingerprint density at radius 2 is 1.73 bits per heavy atom. The Kier molecular flexibility index (Phi) is 4.88. The fourth-order valence-corrected chi connectivity index (χ4v) is 4.00. The zero-order chi connectivity index (χ0) is 21.5. The zero-order valence-electron chi connectivity index (χ0n) is 16.5. The van der Waals surface area contributed by atoms with E-state index in [2.05, 4.69) is 10.3 Å². The first-order valence-electron chi connectivity index (χ1n) is 9.76. The number of aromatic nitrogens is 1. The number of urea groups is 1. The van der Waals surface area contributed by atoms with E-state index in [1.807, 2.05) is 13.0 Å². The number of amides is 3. The van der Waals surface area contributed by atoms with Gasteiger partial charge in [-0.1, -0.05) is 24.3 Å². The van der Waals surface area contributed by atoms with Crippen LogP contribution in [0, 0.1) is 6.92 Å². The van der Waals surface area contributed by atoms with Crippen LogP contribution in [0.15, 0.2) is 42.7 Å². The maximum absolute atomic E-state index is 13.5. The van der Waals surface area contributed by atoms with E-state index >= 15 is 0 Å². The topological polar surface area (TPSA) is 79.4 Å². The van der Waals surface area contributed by atoms with E-state index in [0.29, 0.717) is 5.56 Å². The summed E-state index contributed by atoms with van der Waals surface area (Å²) in [5, 5.41) is 2.54. The Morgan fingerprint density at radius 3 is 2.37 bits per heavy atom. The lowest BCUT2D eigenvalue weighted by Crippen LogP contribution is -2.51. The quantitative estimate of drug-likeness (QED) is 0.612. The Bertz CT molecular complexity index is 1010. The van der Waals surface area contributed by atoms with Crippen LogP contribution >= 0.6 is 0 Å². The molecule has 0 unspecified atom stereocenters. The number of rotatable bonds is 4. The molecule has 0 bridgehead atoms. The number of hydrogen-bond donors (Lipinski definition) is 1. The number of pyridine rings is 1. The first-order valence-corrected chi connectivity index (χ1v) is 9.76. The molecule has 6 nitrogen and oxygen atoms in total. The summed E-state index contributed by atoms with van der Waals surface area (Å²) < 4.78 is 27.0. The van der Waals surface area contributed by atoms with E-state index < -0.39 is 48.6 Å². The fraction of sp³-hybridized carbons (Fsp3) is 0.364. The standard InChI is InChI=1S/C22H21F2N3O3/c1-14-10-17(12-25-11-14)15-2-4-16(5-3-15)18(28)13-27-19(29)21(26-20(27)30)6-8-22(23,24)9-7-21/h2-5,10-12H,6-9,13H2,1H3,(H,26,30). The van der Waals surface area contributed by atoms with Crippen LogP contribution < -0.4 is 5.32 Å². The Morgan fingerprint density at radius 1 is 1.07 bits per heavy atom. The summed E-state index contributed by atoms with van der Waals surface area (Å²) >= 11 is 0. The van der Waals surface area contributed by atoms with Crippen molar-refractivity contribution in [2.24, 2.45) is 0 Å². The van der Waals surface area contributed by atoms with Crippen molar-refractivity contribution in [3.05, 3.63) is 53.9 Å². The van der Waals surface area contributed by atoms with Crippen molar-refractivity contribution in [1.29, 1.82) is 0 Å². The van der Waals surface area contributed by atoms with Crippen LogP contribution in [0.1, 0.15) is 41.6 Å². The molecule has 2 fully saturated rings. The van der Waals surface area contributed by atoms with E-state index in [0.717, 1.165) is 21.6 Å². The number of aryl methyl sites for hydroxylation is 1. The molecule has 0 atom stereocenters. The molecule has 1 N–H and O–H groups in total. The van der Waals surface area contributed by atoms with Crippen LogP contribution in [0.4, 0.5) is 13.6 Å². The lowest BCUT2D eigenvalue weighted by Gasteiger charge is -2.34. The molecule has 1 aromatic carbocycles. The monoisotopic (exact) mass is 413 g/mol. The third-order valence-electron chi connectivity index (χ3n) is 5.80. The average molecular weight is 413 g/mol. The van der Waals surface area contributed by atoms with Crippen molar-refractivity contribution in [3.63, 3.8) is 0 Å². The number of benzene rings is 1. The number of imide groups is 1. The highest BCUT2D eigenvalue weighted by atomic mass is 19.3. The van der Waals surface area contributed by atoms with Gasteiger partial charge in [-0.15, -0.1) is 0 Å². The van der Waals surface area contributed by atoms with Crippen molar-refractivity contribution in [2.75, 3.05) is 6.54 Å². The maximum Gasteiger partial charge on any atom is 0.325 e. The van der Waals surface area contributed by atoms with Gasteiger partial charge in [0.1, 0.15) is 5.54 Å². The van der Waals surface area contributed by atoms with Gasteiger partial charge in [0.2, 0.25) is 5.92 Å². The highest BCUT2D eigenvalue weighted by Crippen LogP contribution is 2.41. The number of carbonyl (C=O) groups is 3. The minimum absolute atomic E-state index is 0.130. The molecular weight excluding hydrogens is 392 g/mol. The molecule has 1 saturated heterocycles. The van der Waals surface area contributed by atoms with Gasteiger partial charge in [0.25, 0.3) is 5.91 Å². The first kappa shape index (κ1) is 20.1. The normalized spacial score (nSPS) is 19.8. The van der Waals surface area contributed by atoms with Crippen LogP contribution in [0.5, 0.6) is 0 Å². The summed E-state index contributed by atoms with van der Waals surface area (Å²) in [7, 11) is 0. The number of carbonyl (C=O) groups excluding carboxylic acids is 3. The molecule has 1 aliphatic heterocycles. The largest absolute Gasteiger partial charge is 0.325 e. The van der Waals surface area contributed by atoms with Gasteiger partial charge in [0.05, 0.1) is 6.54 Å². The lowest BCUT2D eigenvalue weighted by molar-refractivity contribution is -0.135. The summed E-state index contributed by atoms with van der Waals surface area (Å²) in [5.74, 6) is -3.82.